The highest BCUT2D eigenvalue weighted by Crippen LogP contribution is 2.47. The fourth-order valence-corrected chi connectivity index (χ4v) is 6.36. The summed E-state index contributed by atoms with van der Waals surface area (Å²) in [7, 11) is 0. The van der Waals surface area contributed by atoms with Crippen LogP contribution >= 0.6 is 11.8 Å². The molecule has 1 amide bonds. The van der Waals surface area contributed by atoms with Crippen molar-refractivity contribution in [2.45, 2.75) is 50.0 Å². The van der Waals surface area contributed by atoms with Gasteiger partial charge in [-0.15, -0.1) is 11.8 Å². The summed E-state index contributed by atoms with van der Waals surface area (Å²) in [6, 6.07) is 16.3. The minimum Gasteiger partial charge on any atom is -0.372 e. The predicted octanol–water partition coefficient (Wildman–Crippen LogP) is 3.80. The van der Waals surface area contributed by atoms with Gasteiger partial charge in [-0.3, -0.25) is 25.0 Å². The van der Waals surface area contributed by atoms with E-state index in [9.17, 15) is 19.7 Å². The number of hydrogen-bond donors (Lipinski definition) is 3. The third-order valence-corrected chi connectivity index (χ3v) is 8.00. The molecule has 2 aromatic rings. The molecule has 1 saturated heterocycles. The summed E-state index contributed by atoms with van der Waals surface area (Å²) in [4.78, 5) is 37.2. The third kappa shape index (κ3) is 4.70. The van der Waals surface area contributed by atoms with Gasteiger partial charge in [0.25, 0.3) is 5.69 Å². The van der Waals surface area contributed by atoms with Crippen LogP contribution in [0.25, 0.3) is 0 Å². The summed E-state index contributed by atoms with van der Waals surface area (Å²) in [5.74, 6) is -0.180. The number of rotatable bonds is 5. The van der Waals surface area contributed by atoms with Crippen LogP contribution in [0.3, 0.4) is 0 Å². The number of nitro groups is 1. The van der Waals surface area contributed by atoms with Crippen LogP contribution in [0.2, 0.25) is 0 Å². The van der Waals surface area contributed by atoms with Crippen molar-refractivity contribution in [2.24, 2.45) is 11.3 Å². The molecular formula is C26H28N4O4S. The Morgan fingerprint density at radius 3 is 2.43 bits per heavy atom. The summed E-state index contributed by atoms with van der Waals surface area (Å²) >= 11 is 1.52. The van der Waals surface area contributed by atoms with Gasteiger partial charge < -0.3 is 10.6 Å². The number of carbonyl (C=O) groups excluding carboxylic acids is 2. The van der Waals surface area contributed by atoms with Gasteiger partial charge in [0.15, 0.2) is 5.78 Å². The van der Waals surface area contributed by atoms with Crippen molar-refractivity contribution in [3.63, 3.8) is 0 Å². The van der Waals surface area contributed by atoms with Crippen LogP contribution in [0.4, 0.5) is 5.69 Å². The number of nitro benzene ring substituents is 1. The van der Waals surface area contributed by atoms with Gasteiger partial charge in [-0.05, 0) is 23.0 Å². The molecule has 4 atom stereocenters. The van der Waals surface area contributed by atoms with Gasteiger partial charge in [0.2, 0.25) is 5.91 Å². The van der Waals surface area contributed by atoms with E-state index in [0.717, 1.165) is 28.8 Å². The number of nitrogens with zero attached hydrogens (tertiary/aromatic N) is 1. The topological polar surface area (TPSA) is 113 Å². The van der Waals surface area contributed by atoms with Gasteiger partial charge in [0.1, 0.15) is 5.50 Å². The standard InChI is InChI=1S/C26H28N4O4S/c1-26(2)12-18-21(19(31)13-26)20(16-6-4-3-5-7-16)22-23(27-18)28-25(29-24(22)32)35-14-15-8-10-17(11-9-15)30(33)34/h3-11,20,22-23,25,27-28H,12-14H2,1-2H3,(H,29,32). The summed E-state index contributed by atoms with van der Waals surface area (Å²) in [5.41, 5.74) is 3.15. The minimum atomic E-state index is -0.461. The fourth-order valence-electron chi connectivity index (χ4n) is 5.37. The zero-order valence-corrected chi connectivity index (χ0v) is 20.4. The first kappa shape index (κ1) is 23.6. The van der Waals surface area contributed by atoms with E-state index < -0.39 is 10.8 Å². The molecule has 0 saturated carbocycles. The van der Waals surface area contributed by atoms with Gasteiger partial charge in [-0.2, -0.15) is 0 Å². The van der Waals surface area contributed by atoms with Gasteiger partial charge in [-0.1, -0.05) is 56.3 Å². The number of fused-ring (bicyclic) bond motifs is 1. The monoisotopic (exact) mass is 492 g/mol. The Labute approximate surface area is 208 Å². The lowest BCUT2D eigenvalue weighted by molar-refractivity contribution is -0.384. The number of Topliss-reactive ketones (excluding diaryl/α,β-unsaturated/α-hetero) is 1. The molecule has 2 heterocycles. The second-order valence-electron chi connectivity index (χ2n) is 10.2. The van der Waals surface area contributed by atoms with Crippen molar-refractivity contribution in [3.05, 3.63) is 87.1 Å². The fraction of sp³-hybridized carbons (Fsp3) is 0.385. The number of allylic oxidation sites excluding steroid dienone is 2. The second kappa shape index (κ2) is 9.13. The van der Waals surface area contributed by atoms with Crippen LogP contribution in [0.15, 0.2) is 65.9 Å². The van der Waals surface area contributed by atoms with Crippen molar-refractivity contribution in [3.8, 4) is 0 Å². The highest BCUT2D eigenvalue weighted by atomic mass is 32.2. The Bertz CT molecular complexity index is 1200. The lowest BCUT2D eigenvalue weighted by Gasteiger charge is -2.48. The molecule has 5 rings (SSSR count). The van der Waals surface area contributed by atoms with Crippen molar-refractivity contribution in [2.75, 3.05) is 0 Å². The highest BCUT2D eigenvalue weighted by Gasteiger charge is 2.50. The molecule has 3 N–H and O–H groups in total. The number of hydrogen-bond acceptors (Lipinski definition) is 7. The maximum atomic E-state index is 13.4. The van der Waals surface area contributed by atoms with Crippen LogP contribution < -0.4 is 16.0 Å². The first-order valence-electron chi connectivity index (χ1n) is 11.7. The molecule has 0 radical (unpaired) electrons. The molecule has 182 valence electrons. The molecule has 35 heavy (non-hydrogen) atoms. The maximum absolute atomic E-state index is 13.4. The predicted molar refractivity (Wildman–Crippen MR) is 134 cm³/mol. The Morgan fingerprint density at radius 2 is 1.74 bits per heavy atom. The second-order valence-corrected chi connectivity index (χ2v) is 11.3. The molecule has 2 aromatic carbocycles. The number of benzene rings is 2. The Kier molecular flexibility index (Phi) is 6.14. The van der Waals surface area contributed by atoms with Crippen LogP contribution in [-0.2, 0) is 15.3 Å². The average Bonchev–Trinajstić information content (AvgIpc) is 2.81. The molecule has 1 fully saturated rings. The smallest absolute Gasteiger partial charge is 0.269 e. The summed E-state index contributed by atoms with van der Waals surface area (Å²) < 4.78 is 0. The molecule has 0 spiro atoms. The van der Waals surface area contributed by atoms with Gasteiger partial charge in [-0.25, -0.2) is 0 Å². The molecule has 1 aliphatic carbocycles. The first-order chi connectivity index (χ1) is 16.7. The zero-order chi connectivity index (χ0) is 24.7. The van der Waals surface area contributed by atoms with Crippen LogP contribution in [0.5, 0.6) is 0 Å². The quantitative estimate of drug-likeness (QED) is 0.430. The van der Waals surface area contributed by atoms with Gasteiger partial charge in [0.05, 0.1) is 17.0 Å². The number of nitrogens with one attached hydrogen (secondary N) is 3. The Hall–Kier alpha value is -3.17. The molecule has 0 bridgehead atoms. The van der Waals surface area contributed by atoms with Gasteiger partial charge >= 0.3 is 0 Å². The maximum Gasteiger partial charge on any atom is 0.269 e. The number of amides is 1. The molecule has 0 aromatic heterocycles. The number of carbonyl (C=O) groups is 2. The van der Waals surface area contributed by atoms with Crippen LogP contribution in [-0.4, -0.2) is 28.3 Å². The van der Waals surface area contributed by atoms with E-state index in [1.165, 1.54) is 23.9 Å². The number of non-ortho nitro benzene ring substituents is 1. The highest BCUT2D eigenvalue weighted by molar-refractivity contribution is 7.99. The number of thioether (sulfide) groups is 1. The van der Waals surface area contributed by atoms with Crippen molar-refractivity contribution >= 4 is 29.1 Å². The SMILES string of the molecule is CC1(C)CC(=O)C2=C(C1)NC1NC(SCc3ccc([N+](=O)[O-])cc3)NC(=O)C1C2c1ccccc1. The lowest BCUT2D eigenvalue weighted by atomic mass is 9.66. The summed E-state index contributed by atoms with van der Waals surface area (Å²) in [6.45, 7) is 4.20. The average molecular weight is 493 g/mol. The van der Waals surface area contributed by atoms with Crippen molar-refractivity contribution in [1.82, 2.24) is 16.0 Å². The van der Waals surface area contributed by atoms with Crippen molar-refractivity contribution in [1.29, 1.82) is 0 Å². The third-order valence-electron chi connectivity index (χ3n) is 6.91. The molecule has 4 unspecified atom stereocenters. The first-order valence-corrected chi connectivity index (χ1v) is 12.8. The Balaban J connectivity index is 1.39. The van der Waals surface area contributed by atoms with Gasteiger partial charge in [0, 0.05) is 41.5 Å². The van der Waals surface area contributed by atoms with E-state index in [2.05, 4.69) is 29.8 Å². The number of ketones is 1. The minimum absolute atomic E-state index is 0.0538. The molecular weight excluding hydrogens is 464 g/mol. The molecule has 2 aliphatic heterocycles. The van der Waals surface area contributed by atoms with Crippen LogP contribution in [0, 0.1) is 21.4 Å². The largest absolute Gasteiger partial charge is 0.372 e. The lowest BCUT2D eigenvalue weighted by Crippen LogP contribution is -2.68. The van der Waals surface area contributed by atoms with E-state index in [0.29, 0.717) is 12.2 Å². The van der Waals surface area contributed by atoms with E-state index in [4.69, 9.17) is 0 Å². The van der Waals surface area contributed by atoms with Crippen LogP contribution in [0.1, 0.15) is 43.7 Å². The van der Waals surface area contributed by atoms with E-state index >= 15 is 0 Å². The molecule has 8 nitrogen and oxygen atoms in total. The summed E-state index contributed by atoms with van der Waals surface area (Å²) in [6.07, 6.45) is 0.908. The zero-order valence-electron chi connectivity index (χ0n) is 19.6. The van der Waals surface area contributed by atoms with E-state index in [1.54, 1.807) is 12.1 Å². The Morgan fingerprint density at radius 1 is 1.03 bits per heavy atom. The van der Waals surface area contributed by atoms with E-state index in [1.807, 2.05) is 30.3 Å². The molecule has 3 aliphatic rings. The molecule has 9 heteroatoms. The summed E-state index contributed by atoms with van der Waals surface area (Å²) in [5, 5.41) is 21.0. The van der Waals surface area contributed by atoms with Crippen molar-refractivity contribution < 1.29 is 14.5 Å². The van der Waals surface area contributed by atoms with E-state index in [-0.39, 0.29) is 40.4 Å². The normalized spacial score (nSPS) is 27.4.